The van der Waals surface area contributed by atoms with Gasteiger partial charge in [-0.05, 0) is 33.2 Å². The van der Waals surface area contributed by atoms with Crippen molar-refractivity contribution in [1.29, 1.82) is 0 Å². The maximum absolute atomic E-state index is 4.07. The van der Waals surface area contributed by atoms with Crippen LogP contribution in [0.15, 0.2) is 30.9 Å². The molecule has 1 aromatic heterocycles. The second-order valence-electron chi connectivity index (χ2n) is 4.52. The standard InChI is InChI=1S/C12H15N3.Ir/c1-12(2,3)15-8-7-14(10-15)11-5-4-6-13-9-11;/h4,6-10H,1-3H3;/q-2;. The van der Waals surface area contributed by atoms with Crippen molar-refractivity contribution in [1.82, 2.24) is 9.88 Å². The minimum absolute atomic E-state index is 0. The van der Waals surface area contributed by atoms with E-state index in [1.165, 1.54) is 0 Å². The SMILES string of the molecule is CC(C)(C)N1C=CN(c2[c-]ccnc2)[CH-]1.[Ir]. The summed E-state index contributed by atoms with van der Waals surface area (Å²) in [6.07, 6.45) is 7.59. The maximum Gasteiger partial charge on any atom is 0.00416 e. The molecule has 0 aliphatic carbocycles. The van der Waals surface area contributed by atoms with E-state index >= 15 is 0 Å². The molecule has 0 bridgehead atoms. The van der Waals surface area contributed by atoms with Crippen molar-refractivity contribution in [3.8, 4) is 0 Å². The first-order valence-corrected chi connectivity index (χ1v) is 4.99. The Hall–Kier alpha value is -0.861. The minimum atomic E-state index is 0. The van der Waals surface area contributed by atoms with Crippen LogP contribution in [0.1, 0.15) is 20.8 Å². The van der Waals surface area contributed by atoms with Crippen molar-refractivity contribution >= 4 is 5.69 Å². The molecule has 0 amide bonds. The summed E-state index contributed by atoms with van der Waals surface area (Å²) in [4.78, 5) is 8.24. The molecule has 2 heterocycles. The Balaban J connectivity index is 0.00000128. The zero-order chi connectivity index (χ0) is 10.9. The molecule has 0 aromatic carbocycles. The molecule has 1 aromatic rings. The first kappa shape index (κ1) is 13.2. The predicted molar refractivity (Wildman–Crippen MR) is 60.6 cm³/mol. The fourth-order valence-corrected chi connectivity index (χ4v) is 1.35. The van der Waals surface area contributed by atoms with E-state index in [0.717, 1.165) is 5.69 Å². The van der Waals surface area contributed by atoms with Gasteiger partial charge in [-0.1, -0.05) is 18.1 Å². The van der Waals surface area contributed by atoms with Crippen molar-refractivity contribution in [2.75, 3.05) is 4.90 Å². The van der Waals surface area contributed by atoms with Crippen LogP contribution in [-0.2, 0) is 20.1 Å². The second kappa shape index (κ2) is 4.98. The molecule has 4 heteroatoms. The third-order valence-electron chi connectivity index (χ3n) is 2.28. The third kappa shape index (κ3) is 2.83. The van der Waals surface area contributed by atoms with Crippen LogP contribution >= 0.6 is 0 Å². The first-order chi connectivity index (χ1) is 7.07. The number of pyridine rings is 1. The van der Waals surface area contributed by atoms with Crippen molar-refractivity contribution < 1.29 is 20.1 Å². The van der Waals surface area contributed by atoms with Gasteiger partial charge in [0.2, 0.25) is 0 Å². The Kier molecular flexibility index (Phi) is 4.11. The topological polar surface area (TPSA) is 19.4 Å². The van der Waals surface area contributed by atoms with Crippen LogP contribution in [0.5, 0.6) is 0 Å². The fraction of sp³-hybridized carbons (Fsp3) is 0.333. The van der Waals surface area contributed by atoms with Crippen LogP contribution in [-0.4, -0.2) is 15.4 Å². The van der Waals surface area contributed by atoms with Gasteiger partial charge in [-0.3, -0.25) is 0 Å². The van der Waals surface area contributed by atoms with Gasteiger partial charge in [0.1, 0.15) is 0 Å². The molecule has 1 radical (unpaired) electrons. The molecule has 89 valence electrons. The summed E-state index contributed by atoms with van der Waals surface area (Å²) in [7, 11) is 0. The Labute approximate surface area is 111 Å². The van der Waals surface area contributed by atoms with Crippen LogP contribution < -0.4 is 4.90 Å². The van der Waals surface area contributed by atoms with Gasteiger partial charge < -0.3 is 14.8 Å². The van der Waals surface area contributed by atoms with Crippen molar-refractivity contribution in [2.45, 2.75) is 26.3 Å². The van der Waals surface area contributed by atoms with E-state index in [4.69, 9.17) is 0 Å². The second-order valence-corrected chi connectivity index (χ2v) is 4.52. The Morgan fingerprint density at radius 2 is 2.06 bits per heavy atom. The summed E-state index contributed by atoms with van der Waals surface area (Å²) in [6.45, 7) is 8.56. The number of aromatic nitrogens is 1. The number of hydrogen-bond donors (Lipinski definition) is 0. The molecule has 0 saturated carbocycles. The average molecular weight is 393 g/mol. The Bertz CT molecular complexity index is 356. The summed E-state index contributed by atoms with van der Waals surface area (Å²) in [5.41, 5.74) is 1.06. The van der Waals surface area contributed by atoms with E-state index < -0.39 is 0 Å². The molecule has 16 heavy (non-hydrogen) atoms. The molecule has 1 aliphatic heterocycles. The van der Waals surface area contributed by atoms with Gasteiger partial charge in [-0.15, -0.1) is 0 Å². The van der Waals surface area contributed by atoms with Crippen LogP contribution in [0.25, 0.3) is 0 Å². The summed E-state index contributed by atoms with van der Waals surface area (Å²) in [5, 5.41) is 0. The predicted octanol–water partition coefficient (Wildman–Crippen LogP) is 2.39. The van der Waals surface area contributed by atoms with E-state index in [0.29, 0.717) is 0 Å². The van der Waals surface area contributed by atoms with Crippen LogP contribution in [0, 0.1) is 12.7 Å². The monoisotopic (exact) mass is 394 g/mol. The van der Waals surface area contributed by atoms with Gasteiger partial charge in [0.25, 0.3) is 0 Å². The summed E-state index contributed by atoms with van der Waals surface area (Å²) in [5.74, 6) is 0. The van der Waals surface area contributed by atoms with E-state index in [1.54, 1.807) is 12.4 Å². The number of nitrogens with zero attached hydrogens (tertiary/aromatic N) is 3. The van der Waals surface area contributed by atoms with E-state index in [9.17, 15) is 0 Å². The molecule has 2 rings (SSSR count). The third-order valence-corrected chi connectivity index (χ3v) is 2.28. The van der Waals surface area contributed by atoms with Crippen LogP contribution in [0.4, 0.5) is 5.69 Å². The minimum Gasteiger partial charge on any atom is -0.504 e. The van der Waals surface area contributed by atoms with Gasteiger partial charge in [-0.25, -0.2) is 0 Å². The smallest absolute Gasteiger partial charge is 0.00416 e. The van der Waals surface area contributed by atoms with Crippen LogP contribution in [0.2, 0.25) is 0 Å². The summed E-state index contributed by atoms with van der Waals surface area (Å²) in [6, 6.07) is 4.95. The van der Waals surface area contributed by atoms with E-state index in [1.807, 2.05) is 23.8 Å². The molecule has 0 fully saturated rings. The van der Waals surface area contributed by atoms with Gasteiger partial charge in [0, 0.05) is 25.6 Å². The quantitative estimate of drug-likeness (QED) is 0.683. The average Bonchev–Trinajstić information content (AvgIpc) is 2.67. The van der Waals surface area contributed by atoms with Gasteiger partial charge in [-0.2, -0.15) is 18.8 Å². The molecule has 0 saturated heterocycles. The first-order valence-electron chi connectivity index (χ1n) is 4.99. The fourth-order valence-electron chi connectivity index (χ4n) is 1.35. The number of rotatable bonds is 1. The Morgan fingerprint density at radius 1 is 1.31 bits per heavy atom. The van der Waals surface area contributed by atoms with Gasteiger partial charge in [0.05, 0.1) is 0 Å². The molecule has 0 spiro atoms. The molecule has 0 N–H and O–H groups in total. The number of hydrogen-bond acceptors (Lipinski definition) is 3. The molecule has 1 aliphatic rings. The van der Waals surface area contributed by atoms with Crippen LogP contribution in [0.3, 0.4) is 0 Å². The Morgan fingerprint density at radius 3 is 2.56 bits per heavy atom. The molecular formula is C12H15IrN3-2. The van der Waals surface area contributed by atoms with Gasteiger partial charge >= 0.3 is 0 Å². The largest absolute Gasteiger partial charge is 0.504 e. The van der Waals surface area contributed by atoms with E-state index in [2.05, 4.69) is 42.9 Å². The van der Waals surface area contributed by atoms with Crippen molar-refractivity contribution in [2.24, 2.45) is 0 Å². The summed E-state index contributed by atoms with van der Waals surface area (Å²) < 4.78 is 0. The normalized spacial score (nSPS) is 15.2. The van der Waals surface area contributed by atoms with Gasteiger partial charge in [0.15, 0.2) is 0 Å². The van der Waals surface area contributed by atoms with Crippen molar-refractivity contribution in [3.05, 3.63) is 43.6 Å². The van der Waals surface area contributed by atoms with Crippen molar-refractivity contribution in [3.63, 3.8) is 0 Å². The number of anilines is 1. The molecule has 0 unspecified atom stereocenters. The summed E-state index contributed by atoms with van der Waals surface area (Å²) >= 11 is 0. The zero-order valence-corrected chi connectivity index (χ0v) is 12.0. The van der Waals surface area contributed by atoms with E-state index in [-0.39, 0.29) is 25.6 Å². The maximum atomic E-state index is 4.07. The molecular weight excluding hydrogens is 378 g/mol. The molecule has 3 nitrogen and oxygen atoms in total. The zero-order valence-electron chi connectivity index (χ0n) is 9.64. The molecule has 0 atom stereocenters.